The molecule has 1 aromatic carbocycles. The van der Waals surface area contributed by atoms with Crippen LogP contribution in [-0.4, -0.2) is 17.8 Å². The van der Waals surface area contributed by atoms with Gasteiger partial charge < -0.3 is 10.1 Å². The minimum atomic E-state index is -0.111. The molecule has 18 heavy (non-hydrogen) atoms. The number of hydrogen-bond donors (Lipinski definition) is 1. The maximum atomic E-state index is 5.46. The summed E-state index contributed by atoms with van der Waals surface area (Å²) in [4.78, 5) is 2.00. The fourth-order valence-corrected chi connectivity index (χ4v) is 2.73. The van der Waals surface area contributed by atoms with Crippen LogP contribution >= 0.6 is 12.2 Å². The number of nitrogens with one attached hydrogen (secondary N) is 1. The van der Waals surface area contributed by atoms with Crippen LogP contribution in [-0.2, 0) is 0 Å². The van der Waals surface area contributed by atoms with Gasteiger partial charge in [-0.15, -0.1) is 0 Å². The van der Waals surface area contributed by atoms with Gasteiger partial charge in [0.05, 0.1) is 18.3 Å². The molecular weight excluding hydrogens is 244 g/mol. The molecule has 1 heterocycles. The van der Waals surface area contributed by atoms with Crippen LogP contribution in [0.1, 0.15) is 20.8 Å². The number of allylic oxidation sites excluding steroid dienone is 1. The van der Waals surface area contributed by atoms with Crippen molar-refractivity contribution in [3.8, 4) is 5.75 Å². The molecule has 0 saturated heterocycles. The van der Waals surface area contributed by atoms with E-state index in [1.165, 1.54) is 0 Å². The molecule has 0 spiro atoms. The van der Waals surface area contributed by atoms with Gasteiger partial charge in [-0.05, 0) is 51.2 Å². The quantitative estimate of drug-likeness (QED) is 0.828. The number of anilines is 1. The van der Waals surface area contributed by atoms with Crippen molar-refractivity contribution < 1.29 is 4.74 Å². The summed E-state index contributed by atoms with van der Waals surface area (Å²) in [6.45, 7) is 6.26. The molecule has 1 aliphatic heterocycles. The van der Waals surface area contributed by atoms with Crippen LogP contribution in [0.5, 0.6) is 5.75 Å². The monoisotopic (exact) mass is 262 g/mol. The van der Waals surface area contributed by atoms with Crippen molar-refractivity contribution in [1.82, 2.24) is 5.32 Å². The minimum absolute atomic E-state index is 0.111. The van der Waals surface area contributed by atoms with Crippen molar-refractivity contribution >= 4 is 23.0 Å². The molecule has 0 saturated carbocycles. The maximum absolute atomic E-state index is 5.46. The van der Waals surface area contributed by atoms with Crippen LogP contribution < -0.4 is 15.0 Å². The number of para-hydroxylation sites is 2. The van der Waals surface area contributed by atoms with Crippen LogP contribution in [0.25, 0.3) is 0 Å². The first kappa shape index (κ1) is 12.9. The molecule has 1 N–H and O–H groups in total. The fraction of sp³-hybridized carbons (Fsp3) is 0.357. The van der Waals surface area contributed by atoms with E-state index in [1.807, 2.05) is 29.2 Å². The number of methoxy groups -OCH3 is 1. The zero-order chi connectivity index (χ0) is 13.3. The van der Waals surface area contributed by atoms with Crippen molar-refractivity contribution in [2.75, 3.05) is 12.0 Å². The van der Waals surface area contributed by atoms with E-state index in [2.05, 4.69) is 32.2 Å². The molecular formula is C14H18N2OS. The summed E-state index contributed by atoms with van der Waals surface area (Å²) in [5.41, 5.74) is 1.95. The molecule has 1 aliphatic rings. The zero-order valence-corrected chi connectivity index (χ0v) is 12.0. The Labute approximate surface area is 113 Å². The van der Waals surface area contributed by atoms with Crippen LogP contribution in [0.3, 0.4) is 0 Å². The Morgan fingerprint density at radius 1 is 1.28 bits per heavy atom. The van der Waals surface area contributed by atoms with E-state index in [1.54, 1.807) is 7.11 Å². The molecule has 0 unspecified atom stereocenters. The summed E-state index contributed by atoms with van der Waals surface area (Å²) in [5.74, 6) is 0.814. The summed E-state index contributed by atoms with van der Waals surface area (Å²) in [7, 11) is 1.67. The Morgan fingerprint density at radius 2 is 1.94 bits per heavy atom. The molecule has 0 fully saturated rings. The van der Waals surface area contributed by atoms with Crippen molar-refractivity contribution in [1.29, 1.82) is 0 Å². The molecule has 2 rings (SSSR count). The topological polar surface area (TPSA) is 24.5 Å². The molecule has 0 bridgehead atoms. The number of rotatable bonds is 2. The molecule has 0 radical (unpaired) electrons. The van der Waals surface area contributed by atoms with Crippen molar-refractivity contribution in [3.05, 3.63) is 36.0 Å². The van der Waals surface area contributed by atoms with Gasteiger partial charge in [0.1, 0.15) is 5.75 Å². The predicted octanol–water partition coefficient (Wildman–Crippen LogP) is 3.07. The van der Waals surface area contributed by atoms with E-state index in [0.717, 1.165) is 17.1 Å². The molecule has 4 heteroatoms. The first-order chi connectivity index (χ1) is 8.44. The second kappa shape index (κ2) is 4.61. The van der Waals surface area contributed by atoms with Crippen molar-refractivity contribution in [3.63, 3.8) is 0 Å². The summed E-state index contributed by atoms with van der Waals surface area (Å²) in [5, 5.41) is 4.01. The van der Waals surface area contributed by atoms with Gasteiger partial charge in [0.15, 0.2) is 5.11 Å². The lowest BCUT2D eigenvalue weighted by Gasteiger charge is -2.38. The SMILES string of the molecule is COc1ccccc1N1C(=S)NC(C)(C)C=C1C. The Morgan fingerprint density at radius 3 is 2.56 bits per heavy atom. The third-order valence-corrected chi connectivity index (χ3v) is 3.17. The third-order valence-electron chi connectivity index (χ3n) is 2.88. The van der Waals surface area contributed by atoms with Gasteiger partial charge in [0.2, 0.25) is 0 Å². The fourth-order valence-electron chi connectivity index (χ4n) is 2.23. The average Bonchev–Trinajstić information content (AvgIpc) is 2.27. The van der Waals surface area contributed by atoms with Gasteiger partial charge in [0.25, 0.3) is 0 Å². The van der Waals surface area contributed by atoms with Crippen LogP contribution in [0, 0.1) is 0 Å². The second-order valence-corrected chi connectivity index (χ2v) is 5.33. The molecule has 0 amide bonds. The standard InChI is InChI=1S/C14H18N2OS/c1-10-9-14(2,3)15-13(18)16(10)11-7-5-6-8-12(11)17-4/h5-9H,1-4H3,(H,15,18). The van der Waals surface area contributed by atoms with E-state index >= 15 is 0 Å². The minimum Gasteiger partial charge on any atom is -0.495 e. The van der Waals surface area contributed by atoms with Crippen LogP contribution in [0.15, 0.2) is 36.0 Å². The smallest absolute Gasteiger partial charge is 0.178 e. The highest BCUT2D eigenvalue weighted by molar-refractivity contribution is 7.80. The summed E-state index contributed by atoms with van der Waals surface area (Å²) in [6, 6.07) is 7.87. The van der Waals surface area contributed by atoms with Gasteiger partial charge in [-0.2, -0.15) is 0 Å². The Bertz CT molecular complexity index is 508. The van der Waals surface area contributed by atoms with E-state index in [-0.39, 0.29) is 5.54 Å². The molecule has 0 aliphatic carbocycles. The lowest BCUT2D eigenvalue weighted by atomic mass is 10.0. The molecule has 3 nitrogen and oxygen atoms in total. The Hall–Kier alpha value is -1.55. The average molecular weight is 262 g/mol. The largest absolute Gasteiger partial charge is 0.495 e. The number of hydrogen-bond acceptors (Lipinski definition) is 2. The summed E-state index contributed by atoms with van der Waals surface area (Å²) in [6.07, 6.45) is 2.16. The van der Waals surface area contributed by atoms with E-state index in [4.69, 9.17) is 17.0 Å². The lowest BCUT2D eigenvalue weighted by molar-refractivity contribution is 0.415. The number of ether oxygens (including phenoxy) is 1. The summed E-state index contributed by atoms with van der Waals surface area (Å²) >= 11 is 5.46. The van der Waals surface area contributed by atoms with Gasteiger partial charge in [-0.3, -0.25) is 4.90 Å². The lowest BCUT2D eigenvalue weighted by Crippen LogP contribution is -2.53. The molecule has 0 aromatic heterocycles. The van der Waals surface area contributed by atoms with E-state index in [0.29, 0.717) is 5.11 Å². The van der Waals surface area contributed by atoms with E-state index < -0.39 is 0 Å². The predicted molar refractivity (Wildman–Crippen MR) is 79.0 cm³/mol. The maximum Gasteiger partial charge on any atom is 0.178 e. The van der Waals surface area contributed by atoms with Gasteiger partial charge in [-0.1, -0.05) is 12.1 Å². The highest BCUT2D eigenvalue weighted by Crippen LogP contribution is 2.33. The van der Waals surface area contributed by atoms with Gasteiger partial charge >= 0.3 is 0 Å². The normalized spacial score (nSPS) is 18.1. The van der Waals surface area contributed by atoms with E-state index in [9.17, 15) is 0 Å². The zero-order valence-electron chi connectivity index (χ0n) is 11.2. The number of thiocarbonyl (C=S) groups is 1. The molecule has 0 atom stereocenters. The number of nitrogens with zero attached hydrogens (tertiary/aromatic N) is 1. The van der Waals surface area contributed by atoms with Crippen molar-refractivity contribution in [2.24, 2.45) is 0 Å². The Kier molecular flexibility index (Phi) is 3.30. The van der Waals surface area contributed by atoms with Crippen LogP contribution in [0.2, 0.25) is 0 Å². The van der Waals surface area contributed by atoms with Gasteiger partial charge in [-0.25, -0.2) is 0 Å². The van der Waals surface area contributed by atoms with Gasteiger partial charge in [0, 0.05) is 5.70 Å². The first-order valence-electron chi connectivity index (χ1n) is 5.89. The first-order valence-corrected chi connectivity index (χ1v) is 6.30. The number of benzene rings is 1. The summed E-state index contributed by atoms with van der Waals surface area (Å²) < 4.78 is 5.39. The second-order valence-electron chi connectivity index (χ2n) is 4.94. The van der Waals surface area contributed by atoms with Crippen LogP contribution in [0.4, 0.5) is 5.69 Å². The Balaban J connectivity index is 2.48. The molecule has 96 valence electrons. The molecule has 1 aromatic rings. The highest BCUT2D eigenvalue weighted by atomic mass is 32.1. The third kappa shape index (κ3) is 2.34. The van der Waals surface area contributed by atoms with Crippen molar-refractivity contribution in [2.45, 2.75) is 26.3 Å². The highest BCUT2D eigenvalue weighted by Gasteiger charge is 2.28.